The first-order chi connectivity index (χ1) is 20.3. The quantitative estimate of drug-likeness (QED) is 0.238. The van der Waals surface area contributed by atoms with Crippen molar-refractivity contribution >= 4 is 32.7 Å². The van der Waals surface area contributed by atoms with Crippen molar-refractivity contribution in [2.75, 3.05) is 0 Å². The van der Waals surface area contributed by atoms with E-state index in [1.54, 1.807) is 6.07 Å². The summed E-state index contributed by atoms with van der Waals surface area (Å²) in [4.78, 5) is 9.50. The number of aromatic nitrogens is 3. The highest BCUT2D eigenvalue weighted by molar-refractivity contribution is 6.09. The van der Waals surface area contributed by atoms with E-state index >= 15 is 0 Å². The molecule has 5 heteroatoms. The average Bonchev–Trinajstić information content (AvgIpc) is 3.27. The number of ether oxygens (including phenoxy) is 1. The fourth-order valence-electron chi connectivity index (χ4n) is 6.20. The van der Waals surface area contributed by atoms with Crippen LogP contribution in [-0.4, -0.2) is 19.6 Å². The van der Waals surface area contributed by atoms with E-state index in [0.29, 0.717) is 17.1 Å². The van der Waals surface area contributed by atoms with Crippen LogP contribution in [0.25, 0.3) is 49.7 Å². The van der Waals surface area contributed by atoms with Gasteiger partial charge in [-0.3, -0.25) is 4.57 Å². The molecule has 0 aliphatic carbocycles. The van der Waals surface area contributed by atoms with E-state index < -0.39 is 0 Å². The molecule has 0 saturated carbocycles. The minimum absolute atomic E-state index is 0.123. The van der Waals surface area contributed by atoms with E-state index in [4.69, 9.17) is 14.7 Å². The first-order valence-corrected chi connectivity index (χ1v) is 14.1. The van der Waals surface area contributed by atoms with Gasteiger partial charge in [0.15, 0.2) is 0 Å². The summed E-state index contributed by atoms with van der Waals surface area (Å²) in [7, 11) is 0. The number of benzene rings is 4. The molecule has 0 aliphatic heterocycles. The predicted molar refractivity (Wildman–Crippen MR) is 171 cm³/mol. The summed E-state index contributed by atoms with van der Waals surface area (Å²) >= 11 is 0. The van der Waals surface area contributed by atoms with E-state index in [1.165, 1.54) is 33.2 Å². The zero-order valence-electron chi connectivity index (χ0n) is 24.4. The van der Waals surface area contributed by atoms with Crippen molar-refractivity contribution in [3.63, 3.8) is 0 Å². The van der Waals surface area contributed by atoms with E-state index in [0.717, 1.165) is 38.8 Å². The van der Waals surface area contributed by atoms with Crippen molar-refractivity contribution in [2.45, 2.75) is 34.6 Å². The van der Waals surface area contributed by atoms with Gasteiger partial charge < -0.3 is 9.84 Å². The zero-order valence-corrected chi connectivity index (χ0v) is 24.4. The van der Waals surface area contributed by atoms with E-state index in [-0.39, 0.29) is 5.75 Å². The Morgan fingerprint density at radius 1 is 0.643 bits per heavy atom. The van der Waals surface area contributed by atoms with Crippen LogP contribution < -0.4 is 4.74 Å². The van der Waals surface area contributed by atoms with Gasteiger partial charge in [0, 0.05) is 34.5 Å². The maximum atomic E-state index is 10.8. The molecule has 0 spiro atoms. The third kappa shape index (κ3) is 4.25. The number of phenols is 1. The van der Waals surface area contributed by atoms with Gasteiger partial charge in [0.2, 0.25) is 5.88 Å². The van der Waals surface area contributed by atoms with Crippen LogP contribution in [0.5, 0.6) is 17.4 Å². The minimum Gasteiger partial charge on any atom is -0.506 e. The van der Waals surface area contributed by atoms with Gasteiger partial charge in [-0.2, -0.15) is 0 Å². The van der Waals surface area contributed by atoms with Crippen LogP contribution in [0, 0.1) is 34.6 Å². The highest BCUT2D eigenvalue weighted by atomic mass is 16.5. The van der Waals surface area contributed by atoms with E-state index in [1.807, 2.05) is 49.5 Å². The van der Waals surface area contributed by atoms with E-state index in [2.05, 4.69) is 74.7 Å². The van der Waals surface area contributed by atoms with Crippen molar-refractivity contribution in [1.29, 1.82) is 0 Å². The van der Waals surface area contributed by atoms with Gasteiger partial charge in [0.1, 0.15) is 22.8 Å². The molecular formula is C37H31N3O2. The Balaban J connectivity index is 1.34. The van der Waals surface area contributed by atoms with Gasteiger partial charge in [0.05, 0.1) is 11.0 Å². The highest BCUT2D eigenvalue weighted by Crippen LogP contribution is 2.39. The number of rotatable bonds is 4. The van der Waals surface area contributed by atoms with Gasteiger partial charge >= 0.3 is 0 Å². The summed E-state index contributed by atoms with van der Waals surface area (Å²) in [6.07, 6.45) is 1.89. The number of pyridine rings is 2. The first kappa shape index (κ1) is 25.8. The predicted octanol–water partition coefficient (Wildman–Crippen LogP) is 9.43. The SMILES string of the molecule is Cc1ccc(-n2c3ccc(C)cc3c3ccc(Oc4ccc5c(-c6c(C)cc(C)cc6C)ccc(O)c5n4)cc32)nc1. The zero-order chi connectivity index (χ0) is 29.1. The maximum absolute atomic E-state index is 10.8. The molecule has 3 heterocycles. The smallest absolute Gasteiger partial charge is 0.219 e. The Kier molecular flexibility index (Phi) is 5.98. The molecule has 7 rings (SSSR count). The maximum Gasteiger partial charge on any atom is 0.219 e. The summed E-state index contributed by atoms with van der Waals surface area (Å²) in [5.41, 5.74) is 10.8. The van der Waals surface area contributed by atoms with Crippen LogP contribution in [0.15, 0.2) is 91.1 Å². The summed E-state index contributed by atoms with van der Waals surface area (Å²) in [6.45, 7) is 10.5. The molecular weight excluding hydrogens is 518 g/mol. The lowest BCUT2D eigenvalue weighted by Crippen LogP contribution is -1.97. The third-order valence-corrected chi connectivity index (χ3v) is 8.00. The van der Waals surface area contributed by atoms with Gasteiger partial charge in [-0.15, -0.1) is 0 Å². The molecule has 42 heavy (non-hydrogen) atoms. The van der Waals surface area contributed by atoms with Crippen molar-refractivity contribution in [3.8, 4) is 34.3 Å². The van der Waals surface area contributed by atoms with Gasteiger partial charge in [-0.1, -0.05) is 35.4 Å². The van der Waals surface area contributed by atoms with Crippen molar-refractivity contribution < 1.29 is 9.84 Å². The van der Waals surface area contributed by atoms with Crippen LogP contribution >= 0.6 is 0 Å². The lowest BCUT2D eigenvalue weighted by atomic mass is 9.91. The van der Waals surface area contributed by atoms with Crippen molar-refractivity contribution in [1.82, 2.24) is 14.5 Å². The molecule has 1 N–H and O–H groups in total. The first-order valence-electron chi connectivity index (χ1n) is 14.1. The number of hydrogen-bond acceptors (Lipinski definition) is 4. The Morgan fingerprint density at radius 3 is 2.17 bits per heavy atom. The second-order valence-electron chi connectivity index (χ2n) is 11.3. The molecule has 0 saturated heterocycles. The van der Waals surface area contributed by atoms with Crippen LogP contribution in [0.3, 0.4) is 0 Å². The number of aryl methyl sites for hydroxylation is 5. The number of nitrogens with zero attached hydrogens (tertiary/aromatic N) is 3. The fourth-order valence-corrected chi connectivity index (χ4v) is 6.20. The number of aromatic hydroxyl groups is 1. The third-order valence-electron chi connectivity index (χ3n) is 8.00. The number of phenolic OH excluding ortho intramolecular Hbond substituents is 1. The Bertz CT molecular complexity index is 2150. The minimum atomic E-state index is 0.123. The molecule has 3 aromatic heterocycles. The molecule has 206 valence electrons. The summed E-state index contributed by atoms with van der Waals surface area (Å²) in [5, 5.41) is 14.0. The molecule has 4 aromatic carbocycles. The number of hydrogen-bond donors (Lipinski definition) is 1. The Morgan fingerprint density at radius 2 is 1.40 bits per heavy atom. The molecule has 0 amide bonds. The summed E-state index contributed by atoms with van der Waals surface area (Å²) in [5.74, 6) is 2.05. The second kappa shape index (κ2) is 9.74. The molecule has 0 unspecified atom stereocenters. The standard InChI is InChI=1S/C37H31N3O2/c1-21-6-12-31-30(18-21)27-9-8-26(19-32(27)40(31)34-14-7-22(2)20-38-34)42-35-15-11-29-28(10-13-33(41)37(29)39-35)36-24(4)16-23(3)17-25(36)5/h6-20,41H,1-5H3. The Hall–Kier alpha value is -5.16. The summed E-state index contributed by atoms with van der Waals surface area (Å²) in [6, 6.07) is 28.6. The molecule has 5 nitrogen and oxygen atoms in total. The lowest BCUT2D eigenvalue weighted by Gasteiger charge is -2.15. The van der Waals surface area contributed by atoms with Gasteiger partial charge in [0.25, 0.3) is 0 Å². The molecule has 0 aliphatic rings. The normalized spacial score (nSPS) is 11.5. The molecule has 0 fully saturated rings. The average molecular weight is 550 g/mol. The molecule has 0 atom stereocenters. The van der Waals surface area contributed by atoms with Crippen LogP contribution in [-0.2, 0) is 0 Å². The fraction of sp³-hybridized carbons (Fsp3) is 0.135. The summed E-state index contributed by atoms with van der Waals surface area (Å²) < 4.78 is 8.51. The number of fused-ring (bicyclic) bond motifs is 4. The van der Waals surface area contributed by atoms with Crippen molar-refractivity contribution in [3.05, 3.63) is 119 Å². The largest absolute Gasteiger partial charge is 0.506 e. The molecule has 0 radical (unpaired) electrons. The van der Waals surface area contributed by atoms with E-state index in [9.17, 15) is 5.11 Å². The second-order valence-corrected chi connectivity index (χ2v) is 11.3. The molecule has 7 aromatic rings. The van der Waals surface area contributed by atoms with Crippen molar-refractivity contribution in [2.24, 2.45) is 0 Å². The van der Waals surface area contributed by atoms with Gasteiger partial charge in [-0.25, -0.2) is 9.97 Å². The monoisotopic (exact) mass is 549 g/mol. The lowest BCUT2D eigenvalue weighted by molar-refractivity contribution is 0.460. The van der Waals surface area contributed by atoms with Crippen LogP contribution in [0.1, 0.15) is 27.8 Å². The van der Waals surface area contributed by atoms with Crippen LogP contribution in [0.2, 0.25) is 0 Å². The highest BCUT2D eigenvalue weighted by Gasteiger charge is 2.17. The Labute approximate surface area is 244 Å². The van der Waals surface area contributed by atoms with Crippen LogP contribution in [0.4, 0.5) is 0 Å². The molecule has 0 bridgehead atoms. The topological polar surface area (TPSA) is 60.2 Å². The van der Waals surface area contributed by atoms with Gasteiger partial charge in [-0.05, 0) is 111 Å².